The zero-order valence-corrected chi connectivity index (χ0v) is 21.2. The van der Waals surface area contributed by atoms with Crippen LogP contribution in [-0.2, 0) is 26.6 Å². The van der Waals surface area contributed by atoms with Gasteiger partial charge in [0.2, 0.25) is 0 Å². The Labute approximate surface area is 182 Å². The largest absolute Gasteiger partial charge is 0.507 e. The van der Waals surface area contributed by atoms with Crippen LogP contribution in [0.15, 0.2) is 48.5 Å². The van der Waals surface area contributed by atoms with E-state index < -0.39 is 17.6 Å². The Bertz CT molecular complexity index is 689. The summed E-state index contributed by atoms with van der Waals surface area (Å²) in [7, 11) is 4.36. The van der Waals surface area contributed by atoms with Gasteiger partial charge in [0.15, 0.2) is 0 Å². The van der Waals surface area contributed by atoms with Gasteiger partial charge in [-0.2, -0.15) is 0 Å². The summed E-state index contributed by atoms with van der Waals surface area (Å²) in [4.78, 5) is 0. The molecular formula is C22H34O6Si2. The van der Waals surface area contributed by atoms with E-state index in [2.05, 4.69) is 62.4 Å². The van der Waals surface area contributed by atoms with E-state index in [1.165, 1.54) is 0 Å². The summed E-state index contributed by atoms with van der Waals surface area (Å²) >= 11 is 0. The minimum absolute atomic E-state index is 0.0324. The van der Waals surface area contributed by atoms with Crippen molar-refractivity contribution in [1.29, 1.82) is 0 Å². The molecule has 6 nitrogen and oxygen atoms in total. The summed E-state index contributed by atoms with van der Waals surface area (Å²) in [5.74, 6) is 0. The first-order chi connectivity index (χ1) is 14.4. The Morgan fingerprint density at radius 2 is 0.700 bits per heavy atom. The highest BCUT2D eigenvalue weighted by Gasteiger charge is 2.46. The molecule has 0 amide bonds. The zero-order valence-electron chi connectivity index (χ0n) is 19.2. The highest BCUT2D eigenvalue weighted by Crippen LogP contribution is 2.32. The maximum atomic E-state index is 5.63. The van der Waals surface area contributed by atoms with Gasteiger partial charge in [-0.15, -0.1) is 0 Å². The monoisotopic (exact) mass is 450 g/mol. The lowest BCUT2D eigenvalue weighted by Gasteiger charge is -2.30. The Hall–Kier alpha value is -1.37. The zero-order chi connectivity index (χ0) is 22.4. The first-order valence-electron chi connectivity index (χ1n) is 9.88. The third-order valence-corrected chi connectivity index (χ3v) is 12.1. The summed E-state index contributed by atoms with van der Waals surface area (Å²) in [5.41, 5.74) is 4.58. The van der Waals surface area contributed by atoms with E-state index >= 15 is 0 Å². The highest BCUT2D eigenvalue weighted by molar-refractivity contribution is 6.62. The number of rotatable bonds is 11. The minimum atomic E-state index is -2.74. The fourth-order valence-electron chi connectivity index (χ4n) is 3.90. The Morgan fingerprint density at radius 1 is 0.467 bits per heavy atom. The summed E-state index contributed by atoms with van der Waals surface area (Å²) < 4.78 is 33.8. The normalized spacial score (nSPS) is 14.5. The molecule has 30 heavy (non-hydrogen) atoms. The SMILES string of the molecule is CO[Si](OC)(OC)C(C)c1ccc(-c2ccc(C(C)[Si](OC)(OC)OC)cc2)cc1. The van der Waals surface area contributed by atoms with E-state index in [4.69, 9.17) is 26.6 Å². The number of hydrogen-bond donors (Lipinski definition) is 0. The van der Waals surface area contributed by atoms with Crippen molar-refractivity contribution >= 4 is 17.6 Å². The summed E-state index contributed by atoms with van der Waals surface area (Å²) in [6.45, 7) is 4.15. The smallest absolute Gasteiger partial charge is 0.376 e. The van der Waals surface area contributed by atoms with E-state index in [1.807, 2.05) is 0 Å². The lowest BCUT2D eigenvalue weighted by molar-refractivity contribution is 0.114. The van der Waals surface area contributed by atoms with E-state index in [9.17, 15) is 0 Å². The molecule has 2 unspecified atom stereocenters. The lowest BCUT2D eigenvalue weighted by atomic mass is 10.0. The maximum Gasteiger partial charge on any atom is 0.507 e. The van der Waals surface area contributed by atoms with Gasteiger partial charge in [-0.3, -0.25) is 0 Å². The second-order valence-corrected chi connectivity index (χ2v) is 13.7. The quantitative estimate of drug-likeness (QED) is 0.473. The van der Waals surface area contributed by atoms with Crippen molar-refractivity contribution in [3.63, 3.8) is 0 Å². The van der Waals surface area contributed by atoms with Crippen LogP contribution in [-0.4, -0.2) is 60.3 Å². The molecule has 2 aromatic rings. The summed E-state index contributed by atoms with van der Waals surface area (Å²) in [6, 6.07) is 16.9. The van der Waals surface area contributed by atoms with Gasteiger partial charge in [0, 0.05) is 42.7 Å². The molecule has 0 aromatic heterocycles. The van der Waals surface area contributed by atoms with Crippen LogP contribution in [0.4, 0.5) is 0 Å². The maximum absolute atomic E-state index is 5.63. The molecule has 2 rings (SSSR count). The van der Waals surface area contributed by atoms with Crippen molar-refractivity contribution in [1.82, 2.24) is 0 Å². The molecule has 0 saturated heterocycles. The Morgan fingerprint density at radius 3 is 0.900 bits per heavy atom. The predicted octanol–water partition coefficient (Wildman–Crippen LogP) is 4.40. The number of benzene rings is 2. The molecule has 0 heterocycles. The van der Waals surface area contributed by atoms with E-state index in [0.717, 1.165) is 22.3 Å². The van der Waals surface area contributed by atoms with E-state index in [-0.39, 0.29) is 11.1 Å². The Kier molecular flexibility index (Phi) is 8.95. The molecule has 0 aliphatic rings. The molecule has 2 aromatic carbocycles. The van der Waals surface area contributed by atoms with E-state index in [0.29, 0.717) is 0 Å². The summed E-state index contributed by atoms with van der Waals surface area (Å²) in [5, 5.41) is 0. The topological polar surface area (TPSA) is 55.4 Å². The van der Waals surface area contributed by atoms with Crippen LogP contribution in [0.3, 0.4) is 0 Å². The average Bonchev–Trinajstić information content (AvgIpc) is 2.82. The van der Waals surface area contributed by atoms with Crippen molar-refractivity contribution in [3.8, 4) is 11.1 Å². The van der Waals surface area contributed by atoms with Crippen LogP contribution in [0.2, 0.25) is 0 Å². The minimum Gasteiger partial charge on any atom is -0.376 e. The molecule has 166 valence electrons. The predicted molar refractivity (Wildman–Crippen MR) is 122 cm³/mol. The molecule has 0 aliphatic heterocycles. The van der Waals surface area contributed by atoms with Gasteiger partial charge in [-0.05, 0) is 22.3 Å². The molecule has 2 atom stereocenters. The first-order valence-corrected chi connectivity index (χ1v) is 13.5. The third-order valence-electron chi connectivity index (χ3n) is 5.92. The van der Waals surface area contributed by atoms with Gasteiger partial charge in [0.25, 0.3) is 0 Å². The molecular weight excluding hydrogens is 416 g/mol. The van der Waals surface area contributed by atoms with Gasteiger partial charge in [0.05, 0.1) is 11.1 Å². The van der Waals surface area contributed by atoms with Gasteiger partial charge in [-0.25, -0.2) is 0 Å². The molecule has 0 fully saturated rings. The fraction of sp³-hybridized carbons (Fsp3) is 0.455. The molecule has 0 aliphatic carbocycles. The molecule has 0 N–H and O–H groups in total. The lowest BCUT2D eigenvalue weighted by Crippen LogP contribution is -2.48. The van der Waals surface area contributed by atoms with Gasteiger partial charge >= 0.3 is 17.6 Å². The van der Waals surface area contributed by atoms with Crippen molar-refractivity contribution < 1.29 is 26.6 Å². The van der Waals surface area contributed by atoms with Crippen LogP contribution in [0.5, 0.6) is 0 Å². The fourth-order valence-corrected chi connectivity index (χ4v) is 8.22. The van der Waals surface area contributed by atoms with E-state index in [1.54, 1.807) is 42.7 Å². The van der Waals surface area contributed by atoms with Crippen LogP contribution >= 0.6 is 0 Å². The van der Waals surface area contributed by atoms with Crippen LogP contribution < -0.4 is 0 Å². The molecule has 0 radical (unpaired) electrons. The van der Waals surface area contributed by atoms with Crippen molar-refractivity contribution in [3.05, 3.63) is 59.7 Å². The third kappa shape index (κ3) is 4.76. The van der Waals surface area contributed by atoms with Crippen LogP contribution in [0.1, 0.15) is 36.1 Å². The molecule has 0 spiro atoms. The summed E-state index contributed by atoms with van der Waals surface area (Å²) in [6.07, 6.45) is 0. The first kappa shape index (κ1) is 24.9. The van der Waals surface area contributed by atoms with Crippen molar-refractivity contribution in [2.45, 2.75) is 24.9 Å². The Balaban J connectivity index is 2.24. The standard InChI is InChI=1S/C22H34O6Si2/c1-17(29(23-3,24-4)25-5)19-9-13-21(14-10-19)22-15-11-20(12-16-22)18(2)30(26-6,27-7)28-8/h9-18H,1-8H3. The van der Waals surface area contributed by atoms with Gasteiger partial charge in [-0.1, -0.05) is 62.4 Å². The second-order valence-electron chi connectivity index (χ2n) is 7.12. The highest BCUT2D eigenvalue weighted by atomic mass is 28.4. The number of hydrogen-bond acceptors (Lipinski definition) is 6. The van der Waals surface area contributed by atoms with Gasteiger partial charge in [0.1, 0.15) is 0 Å². The van der Waals surface area contributed by atoms with Crippen molar-refractivity contribution in [2.75, 3.05) is 42.7 Å². The van der Waals surface area contributed by atoms with Crippen LogP contribution in [0.25, 0.3) is 11.1 Å². The molecule has 0 saturated carbocycles. The van der Waals surface area contributed by atoms with Crippen LogP contribution in [0, 0.1) is 0 Å². The van der Waals surface area contributed by atoms with Gasteiger partial charge < -0.3 is 26.6 Å². The van der Waals surface area contributed by atoms with Crippen molar-refractivity contribution in [2.24, 2.45) is 0 Å². The second kappa shape index (κ2) is 10.8. The molecule has 0 bridgehead atoms. The molecule has 8 heteroatoms. The average molecular weight is 451 g/mol.